The van der Waals surface area contributed by atoms with Crippen molar-refractivity contribution in [1.29, 1.82) is 0 Å². The van der Waals surface area contributed by atoms with Crippen LogP contribution in [0.2, 0.25) is 0 Å². The summed E-state index contributed by atoms with van der Waals surface area (Å²) in [6.07, 6.45) is 3.87. The van der Waals surface area contributed by atoms with Gasteiger partial charge in [0.05, 0.1) is 30.9 Å². The minimum absolute atomic E-state index is 0.0159. The highest BCUT2D eigenvalue weighted by molar-refractivity contribution is 5.94. The molecule has 3 atom stereocenters. The molecular weight excluding hydrogens is 690 g/mol. The van der Waals surface area contributed by atoms with Gasteiger partial charge in [-0.05, 0) is 55.0 Å². The van der Waals surface area contributed by atoms with Crippen molar-refractivity contribution in [2.24, 2.45) is 11.8 Å². The number of fused-ring (bicyclic) bond motifs is 5. The Kier molecular flexibility index (Phi) is 11.1. The highest BCUT2D eigenvalue weighted by atomic mass is 16.5. The van der Waals surface area contributed by atoms with E-state index in [1.54, 1.807) is 36.0 Å². The van der Waals surface area contributed by atoms with Crippen molar-refractivity contribution in [3.8, 4) is 0 Å². The summed E-state index contributed by atoms with van der Waals surface area (Å²) in [7, 11) is 3.52. The number of hydrogen-bond donors (Lipinski definition) is 2. The molecule has 0 bridgehead atoms. The van der Waals surface area contributed by atoms with Crippen molar-refractivity contribution >= 4 is 40.4 Å². The molecule has 7 rings (SSSR count). The van der Waals surface area contributed by atoms with Gasteiger partial charge >= 0.3 is 0 Å². The maximum atomic E-state index is 14.9. The van der Waals surface area contributed by atoms with Crippen LogP contribution < -0.4 is 5.32 Å². The molecule has 0 unspecified atom stereocenters. The molecule has 6 heterocycles. The molecule has 0 saturated carbocycles. The van der Waals surface area contributed by atoms with E-state index >= 15 is 0 Å². The smallest absolute Gasteiger partial charge is 0.289 e. The number of hydrogen-bond acceptors (Lipinski definition) is 8. The van der Waals surface area contributed by atoms with Crippen LogP contribution in [0, 0.1) is 11.8 Å². The molecule has 4 aliphatic rings. The second-order valence-corrected chi connectivity index (χ2v) is 15.3. The highest BCUT2D eigenvalue weighted by Crippen LogP contribution is 2.52. The summed E-state index contributed by atoms with van der Waals surface area (Å²) in [6.45, 7) is 8.14. The number of piperazine rings is 1. The number of furan rings is 1. The number of aromatic amines is 1. The molecule has 290 valence electrons. The van der Waals surface area contributed by atoms with Crippen molar-refractivity contribution < 1.29 is 33.1 Å². The number of ether oxygens (including phenoxy) is 1. The summed E-state index contributed by atoms with van der Waals surface area (Å²) in [5.41, 5.74) is 3.02. The second kappa shape index (κ2) is 16.0. The molecule has 3 saturated heterocycles. The molecule has 0 spiro atoms. The first-order valence-electron chi connectivity index (χ1n) is 19.4. The number of aryl methyl sites for hydroxylation is 1. The number of nitrogens with one attached hydrogen (secondary N) is 2. The zero-order valence-electron chi connectivity index (χ0n) is 31.7. The lowest BCUT2D eigenvalue weighted by molar-refractivity contribution is -0.167. The molecule has 4 aliphatic heterocycles. The number of H-pyrrole nitrogens is 1. The van der Waals surface area contributed by atoms with Crippen LogP contribution in [-0.2, 0) is 42.3 Å². The topological polar surface area (TPSA) is 152 Å². The van der Waals surface area contributed by atoms with Gasteiger partial charge in [0.15, 0.2) is 5.76 Å². The summed E-state index contributed by atoms with van der Waals surface area (Å²) >= 11 is 0. The normalized spacial score (nSPS) is 23.2. The number of amides is 5. The molecular formula is C40H53N7O7. The third kappa shape index (κ3) is 7.25. The van der Waals surface area contributed by atoms with Crippen molar-refractivity contribution in [2.45, 2.75) is 51.0 Å². The Morgan fingerprint density at radius 1 is 1.00 bits per heavy atom. The van der Waals surface area contributed by atoms with Crippen LogP contribution in [-0.4, -0.2) is 145 Å². The fourth-order valence-electron chi connectivity index (χ4n) is 9.06. The molecule has 3 fully saturated rings. The molecule has 14 nitrogen and oxygen atoms in total. The monoisotopic (exact) mass is 743 g/mol. The van der Waals surface area contributed by atoms with E-state index in [-0.39, 0.29) is 48.1 Å². The van der Waals surface area contributed by atoms with Gasteiger partial charge in [0.1, 0.15) is 0 Å². The zero-order valence-corrected chi connectivity index (χ0v) is 31.7. The quantitative estimate of drug-likeness (QED) is 0.304. The lowest BCUT2D eigenvalue weighted by Gasteiger charge is -2.56. The molecule has 1 aromatic carbocycles. The molecule has 3 aromatic rings. The van der Waals surface area contributed by atoms with Crippen LogP contribution in [0.15, 0.2) is 41.0 Å². The number of carbonyl (C=O) groups excluding carboxylic acids is 5. The van der Waals surface area contributed by atoms with Crippen LogP contribution in [0.1, 0.15) is 60.0 Å². The van der Waals surface area contributed by atoms with Gasteiger partial charge in [-0.1, -0.05) is 19.1 Å². The first kappa shape index (κ1) is 37.6. The van der Waals surface area contributed by atoms with E-state index in [1.165, 1.54) is 6.26 Å². The number of benzene rings is 1. The minimum Gasteiger partial charge on any atom is -0.459 e. The summed E-state index contributed by atoms with van der Waals surface area (Å²) in [5.74, 6) is -1.46. The van der Waals surface area contributed by atoms with E-state index in [4.69, 9.17) is 9.15 Å². The van der Waals surface area contributed by atoms with Gasteiger partial charge in [0.2, 0.25) is 23.6 Å². The van der Waals surface area contributed by atoms with E-state index in [2.05, 4.69) is 33.4 Å². The Hall–Kier alpha value is -4.69. The number of nitrogens with zero attached hydrogens (tertiary/aromatic N) is 5. The Balaban J connectivity index is 1.16. The third-order valence-electron chi connectivity index (χ3n) is 12.0. The molecule has 0 radical (unpaired) electrons. The van der Waals surface area contributed by atoms with Crippen molar-refractivity contribution in [1.82, 2.24) is 34.8 Å². The van der Waals surface area contributed by atoms with Crippen LogP contribution in [0.3, 0.4) is 0 Å². The van der Waals surface area contributed by atoms with Gasteiger partial charge in [-0.15, -0.1) is 0 Å². The van der Waals surface area contributed by atoms with E-state index in [0.717, 1.165) is 40.8 Å². The fourth-order valence-corrected chi connectivity index (χ4v) is 9.06. The number of piperidine rings is 1. The van der Waals surface area contributed by atoms with Crippen LogP contribution in [0.5, 0.6) is 0 Å². The first-order valence-corrected chi connectivity index (χ1v) is 19.4. The predicted octanol–water partition coefficient (Wildman–Crippen LogP) is 2.23. The predicted molar refractivity (Wildman–Crippen MR) is 200 cm³/mol. The summed E-state index contributed by atoms with van der Waals surface area (Å²) < 4.78 is 10.8. The third-order valence-corrected chi connectivity index (χ3v) is 12.0. The second-order valence-electron chi connectivity index (χ2n) is 15.3. The van der Waals surface area contributed by atoms with Crippen LogP contribution in [0.25, 0.3) is 10.9 Å². The number of carbonyl (C=O) groups is 5. The largest absolute Gasteiger partial charge is 0.459 e. The Labute approximate surface area is 316 Å². The Morgan fingerprint density at radius 3 is 2.46 bits per heavy atom. The lowest BCUT2D eigenvalue weighted by Crippen LogP contribution is -2.66. The Bertz CT molecular complexity index is 1860. The van der Waals surface area contributed by atoms with Gasteiger partial charge < -0.3 is 39.1 Å². The van der Waals surface area contributed by atoms with Crippen molar-refractivity contribution in [3.05, 3.63) is 59.2 Å². The number of aromatic nitrogens is 1. The Morgan fingerprint density at radius 2 is 1.76 bits per heavy atom. The van der Waals surface area contributed by atoms with Crippen molar-refractivity contribution in [2.75, 3.05) is 86.2 Å². The summed E-state index contributed by atoms with van der Waals surface area (Å²) in [4.78, 5) is 81.2. The lowest BCUT2D eigenvalue weighted by atomic mass is 9.65. The van der Waals surface area contributed by atoms with Crippen LogP contribution >= 0.6 is 0 Å². The van der Waals surface area contributed by atoms with E-state index in [0.29, 0.717) is 84.7 Å². The fraction of sp³-hybridized carbons (Fsp3) is 0.575. The number of rotatable bonds is 11. The number of morpholine rings is 1. The molecule has 2 aromatic heterocycles. The molecule has 0 aliphatic carbocycles. The summed E-state index contributed by atoms with van der Waals surface area (Å²) in [6, 6.07) is 9.58. The maximum absolute atomic E-state index is 14.9. The van der Waals surface area contributed by atoms with Gasteiger partial charge in [0.25, 0.3) is 5.91 Å². The standard InChI is InChI=1S/C40H53N7O7/c1-4-40-31(38(51)45-15-17-46(18-16-45)39(52)33-6-5-21-54-33)25-28(26-34(48)41-12-14-44-19-22-53-23-20-44)37(50)47(40)13-11-30-29-9-7-27(8-10-35(49)43(2)3)24-32(29)42-36(30)40/h5-7,9,21,24,28,31,42H,4,8,10-20,22-23,25-26H2,1-3H3,(H,41,48)/t28-,31-,40+/m1/s1. The van der Waals surface area contributed by atoms with Gasteiger partial charge in [-0.3, -0.25) is 28.9 Å². The van der Waals surface area contributed by atoms with Crippen LogP contribution in [0.4, 0.5) is 0 Å². The van der Waals surface area contributed by atoms with Gasteiger partial charge in [-0.2, -0.15) is 0 Å². The SMILES string of the molecule is CC[C@]12c3[nH]c4cc(CCC(=O)N(C)C)ccc4c3CCN1C(=O)[C@@H](CC(=O)NCCN1CCOCC1)C[C@@H]2C(=O)N1CCN(C(=O)c2ccco2)CC1. The van der Waals surface area contributed by atoms with Gasteiger partial charge in [0, 0.05) is 108 Å². The molecule has 14 heteroatoms. The summed E-state index contributed by atoms with van der Waals surface area (Å²) in [5, 5.41) is 4.09. The average molecular weight is 744 g/mol. The van der Waals surface area contributed by atoms with E-state index in [1.807, 2.05) is 16.7 Å². The van der Waals surface area contributed by atoms with Gasteiger partial charge in [-0.25, -0.2) is 0 Å². The van der Waals surface area contributed by atoms with E-state index in [9.17, 15) is 24.0 Å². The highest BCUT2D eigenvalue weighted by Gasteiger charge is 2.59. The molecule has 2 N–H and O–H groups in total. The minimum atomic E-state index is -0.938. The average Bonchev–Trinajstić information content (AvgIpc) is 3.87. The molecule has 5 amide bonds. The first-order chi connectivity index (χ1) is 26.1. The van der Waals surface area contributed by atoms with Crippen molar-refractivity contribution in [3.63, 3.8) is 0 Å². The molecule has 54 heavy (non-hydrogen) atoms. The van der Waals surface area contributed by atoms with E-state index < -0.39 is 17.4 Å². The maximum Gasteiger partial charge on any atom is 0.289 e. The zero-order chi connectivity index (χ0) is 38.0.